The van der Waals surface area contributed by atoms with Crippen molar-refractivity contribution in [2.75, 3.05) is 29.9 Å². The van der Waals surface area contributed by atoms with E-state index in [1.54, 1.807) is 0 Å². The van der Waals surface area contributed by atoms with Gasteiger partial charge in [0.2, 0.25) is 5.91 Å². The van der Waals surface area contributed by atoms with E-state index < -0.39 is 35.6 Å². The van der Waals surface area contributed by atoms with Crippen molar-refractivity contribution in [1.82, 2.24) is 4.98 Å². The number of aryl methyl sites for hydroxylation is 1. The van der Waals surface area contributed by atoms with Crippen molar-refractivity contribution < 1.29 is 27.1 Å². The van der Waals surface area contributed by atoms with Crippen LogP contribution in [0, 0.1) is 24.1 Å². The van der Waals surface area contributed by atoms with Crippen molar-refractivity contribution in [2.24, 2.45) is 0 Å². The molecule has 1 aliphatic rings. The molecule has 2 aromatic rings. The van der Waals surface area contributed by atoms with Crippen molar-refractivity contribution >= 4 is 17.4 Å². The average molecular weight is 394 g/mol. The van der Waals surface area contributed by atoms with Gasteiger partial charge in [0.1, 0.15) is 35.6 Å². The number of hydrogen-bond acceptors (Lipinski definition) is 5. The number of fused-ring (bicyclic) bond motifs is 1. The van der Waals surface area contributed by atoms with E-state index in [4.69, 9.17) is 10.00 Å². The number of aromatic nitrogens is 1. The Morgan fingerprint density at radius 2 is 2.14 bits per heavy atom. The highest BCUT2D eigenvalue weighted by Gasteiger charge is 2.35. The van der Waals surface area contributed by atoms with E-state index >= 15 is 0 Å². The Balaban J connectivity index is 1.83. The van der Waals surface area contributed by atoms with Gasteiger partial charge in [0, 0.05) is 11.8 Å². The number of ether oxygens (including phenoxy) is 1. The summed E-state index contributed by atoms with van der Waals surface area (Å²) < 4.78 is 58.1. The van der Waals surface area contributed by atoms with Crippen LogP contribution in [-0.4, -0.2) is 30.6 Å². The number of nitriles is 1. The molecule has 2 heterocycles. The molecule has 0 radical (unpaired) electrons. The summed E-state index contributed by atoms with van der Waals surface area (Å²) in [6, 6.07) is 5.97. The summed E-state index contributed by atoms with van der Waals surface area (Å²) in [5, 5.41) is 11.7. The third-order valence-electron chi connectivity index (χ3n) is 4.06. The molecule has 6 nitrogen and oxygen atoms in total. The molecule has 1 amide bonds. The molecule has 0 fully saturated rings. The number of halogens is 4. The molecular weight excluding hydrogens is 380 g/mol. The molecule has 28 heavy (non-hydrogen) atoms. The van der Waals surface area contributed by atoms with Gasteiger partial charge < -0.3 is 15.0 Å². The zero-order valence-electron chi connectivity index (χ0n) is 14.6. The molecule has 3 rings (SSSR count). The number of amides is 1. The monoisotopic (exact) mass is 394 g/mol. The molecule has 0 saturated heterocycles. The number of benzene rings is 1. The maximum absolute atomic E-state index is 13.3. The van der Waals surface area contributed by atoms with E-state index in [-0.39, 0.29) is 30.4 Å². The number of hydrogen-bond donors (Lipinski definition) is 1. The first-order chi connectivity index (χ1) is 13.2. The highest BCUT2D eigenvalue weighted by Crippen LogP contribution is 2.35. The van der Waals surface area contributed by atoms with Crippen molar-refractivity contribution in [2.45, 2.75) is 13.1 Å². The second-order valence-electron chi connectivity index (χ2n) is 6.00. The number of anilines is 2. The summed E-state index contributed by atoms with van der Waals surface area (Å²) in [7, 11) is 0. The SMILES string of the molecule is Cc1cc(C(F)(F)F)c(C#N)c(NCC(=O)N2CCOc3cc(F)ccc32)n1. The van der Waals surface area contributed by atoms with Crippen LogP contribution in [0.4, 0.5) is 29.1 Å². The van der Waals surface area contributed by atoms with Crippen molar-refractivity contribution in [3.8, 4) is 11.8 Å². The van der Waals surface area contributed by atoms with Gasteiger partial charge in [-0.05, 0) is 25.1 Å². The van der Waals surface area contributed by atoms with E-state index in [1.807, 2.05) is 0 Å². The van der Waals surface area contributed by atoms with Crippen LogP contribution in [0.3, 0.4) is 0 Å². The van der Waals surface area contributed by atoms with Crippen LogP contribution in [0.15, 0.2) is 24.3 Å². The molecule has 0 aliphatic carbocycles. The Morgan fingerprint density at radius 3 is 2.82 bits per heavy atom. The van der Waals surface area contributed by atoms with Gasteiger partial charge in [0.15, 0.2) is 0 Å². The normalized spacial score (nSPS) is 13.4. The van der Waals surface area contributed by atoms with E-state index in [2.05, 4.69) is 10.3 Å². The van der Waals surface area contributed by atoms with Gasteiger partial charge in [0.05, 0.1) is 24.3 Å². The minimum absolute atomic E-state index is 0.0495. The summed E-state index contributed by atoms with van der Waals surface area (Å²) in [5.41, 5.74) is -1.40. The van der Waals surface area contributed by atoms with Crippen LogP contribution in [-0.2, 0) is 11.0 Å². The number of pyridine rings is 1. The highest BCUT2D eigenvalue weighted by atomic mass is 19.4. The van der Waals surface area contributed by atoms with Gasteiger partial charge in [-0.15, -0.1) is 0 Å². The Kier molecular flexibility index (Phi) is 5.09. The number of nitrogens with one attached hydrogen (secondary N) is 1. The Morgan fingerprint density at radius 1 is 1.39 bits per heavy atom. The number of alkyl halides is 3. The lowest BCUT2D eigenvalue weighted by Gasteiger charge is -2.29. The third kappa shape index (κ3) is 3.83. The third-order valence-corrected chi connectivity index (χ3v) is 4.06. The second-order valence-corrected chi connectivity index (χ2v) is 6.00. The molecular formula is C18H14F4N4O2. The first-order valence-corrected chi connectivity index (χ1v) is 8.16. The molecule has 1 aliphatic heterocycles. The molecule has 146 valence electrons. The maximum atomic E-state index is 13.3. The topological polar surface area (TPSA) is 78.2 Å². The van der Waals surface area contributed by atoms with Gasteiger partial charge in [-0.25, -0.2) is 9.37 Å². The van der Waals surface area contributed by atoms with Crippen LogP contribution in [0.1, 0.15) is 16.8 Å². The lowest BCUT2D eigenvalue weighted by Crippen LogP contribution is -2.41. The Hall–Kier alpha value is -3.35. The lowest BCUT2D eigenvalue weighted by molar-refractivity contribution is -0.137. The molecule has 0 atom stereocenters. The highest BCUT2D eigenvalue weighted by molar-refractivity contribution is 5.97. The largest absolute Gasteiger partial charge is 0.489 e. The van der Waals surface area contributed by atoms with E-state index in [0.717, 1.165) is 12.1 Å². The molecule has 1 aromatic carbocycles. The molecule has 1 aromatic heterocycles. The fraction of sp³-hybridized carbons (Fsp3) is 0.278. The summed E-state index contributed by atoms with van der Waals surface area (Å²) in [6.07, 6.45) is -4.73. The van der Waals surface area contributed by atoms with Gasteiger partial charge in [-0.1, -0.05) is 0 Å². The number of nitrogens with zero attached hydrogens (tertiary/aromatic N) is 3. The summed E-state index contributed by atoms with van der Waals surface area (Å²) in [4.78, 5) is 17.8. The molecule has 0 spiro atoms. The maximum Gasteiger partial charge on any atom is 0.417 e. The van der Waals surface area contributed by atoms with Gasteiger partial charge >= 0.3 is 6.18 Å². The number of carbonyl (C=O) groups excluding carboxylic acids is 1. The Bertz CT molecular complexity index is 969. The van der Waals surface area contributed by atoms with Crippen molar-refractivity contribution in [3.05, 3.63) is 46.9 Å². The van der Waals surface area contributed by atoms with Crippen molar-refractivity contribution in [1.29, 1.82) is 5.26 Å². The van der Waals surface area contributed by atoms with E-state index in [0.29, 0.717) is 5.69 Å². The fourth-order valence-electron chi connectivity index (χ4n) is 2.85. The van der Waals surface area contributed by atoms with Crippen LogP contribution in [0.5, 0.6) is 5.75 Å². The zero-order valence-corrected chi connectivity index (χ0v) is 14.6. The second kappa shape index (κ2) is 7.34. The summed E-state index contributed by atoms with van der Waals surface area (Å²) >= 11 is 0. The van der Waals surface area contributed by atoms with E-state index in [9.17, 15) is 22.4 Å². The molecule has 0 bridgehead atoms. The predicted octanol–water partition coefficient (Wildman–Crippen LogP) is 3.26. The molecule has 0 saturated carbocycles. The quantitative estimate of drug-likeness (QED) is 0.809. The number of rotatable bonds is 3. The average Bonchev–Trinajstić information content (AvgIpc) is 2.64. The van der Waals surface area contributed by atoms with Gasteiger partial charge in [0.25, 0.3) is 0 Å². The lowest BCUT2D eigenvalue weighted by atomic mass is 10.1. The van der Waals surface area contributed by atoms with Gasteiger partial charge in [-0.3, -0.25) is 4.79 Å². The first kappa shape index (κ1) is 19.4. The molecule has 0 unspecified atom stereocenters. The zero-order chi connectivity index (χ0) is 20.5. The predicted molar refractivity (Wildman–Crippen MR) is 91.4 cm³/mol. The molecule has 1 N–H and O–H groups in total. The van der Waals surface area contributed by atoms with Crippen LogP contribution in [0.2, 0.25) is 0 Å². The fourth-order valence-corrected chi connectivity index (χ4v) is 2.85. The van der Waals surface area contributed by atoms with Crippen LogP contribution < -0.4 is 15.0 Å². The minimum Gasteiger partial charge on any atom is -0.489 e. The van der Waals surface area contributed by atoms with E-state index in [1.165, 1.54) is 30.0 Å². The smallest absolute Gasteiger partial charge is 0.417 e. The Labute approximate surface area is 157 Å². The van der Waals surface area contributed by atoms with Crippen LogP contribution >= 0.6 is 0 Å². The van der Waals surface area contributed by atoms with Gasteiger partial charge in [-0.2, -0.15) is 18.4 Å². The van der Waals surface area contributed by atoms with Crippen LogP contribution in [0.25, 0.3) is 0 Å². The molecule has 10 heteroatoms. The minimum atomic E-state index is -4.73. The van der Waals surface area contributed by atoms with Crippen molar-refractivity contribution in [3.63, 3.8) is 0 Å². The summed E-state index contributed by atoms with van der Waals surface area (Å²) in [5.74, 6) is -1.13. The summed E-state index contributed by atoms with van der Waals surface area (Å²) in [6.45, 7) is 1.29. The number of carbonyl (C=O) groups is 1. The first-order valence-electron chi connectivity index (χ1n) is 8.16. The standard InChI is InChI=1S/C18H14F4N4O2/c1-10-6-13(18(20,21)22)12(8-23)17(25-10)24-9-16(27)26-4-5-28-15-7-11(19)2-3-14(15)26/h2-3,6-7H,4-5,9H2,1H3,(H,24,25).